The summed E-state index contributed by atoms with van der Waals surface area (Å²) in [5.41, 5.74) is 2.58. The second-order valence-electron chi connectivity index (χ2n) is 6.24. The molecule has 0 saturated heterocycles. The van der Waals surface area contributed by atoms with Crippen LogP contribution in [0.3, 0.4) is 0 Å². The smallest absolute Gasteiger partial charge is 0.215 e. The van der Waals surface area contributed by atoms with Crippen molar-refractivity contribution in [1.82, 2.24) is 15.4 Å². The van der Waals surface area contributed by atoms with Gasteiger partial charge in [0, 0.05) is 23.6 Å². The fourth-order valence-electron chi connectivity index (χ4n) is 2.64. The van der Waals surface area contributed by atoms with Gasteiger partial charge in [0.15, 0.2) is 5.96 Å². The molecule has 9 heteroatoms. The number of nitrogens with one attached hydrogen (secondary N) is 3. The molecule has 1 atom stereocenters. The number of rotatable bonds is 7. The summed E-state index contributed by atoms with van der Waals surface area (Å²) in [7, 11) is -0.218. The molecule has 0 heterocycles. The molecule has 0 aliphatic carbocycles. The highest BCUT2D eigenvalue weighted by molar-refractivity contribution is 7.88. The van der Waals surface area contributed by atoms with Crippen molar-refractivity contribution in [2.45, 2.75) is 25.3 Å². The molecule has 0 fully saturated rings. The average Bonchev–Trinajstić information content (AvgIpc) is 2.64. The van der Waals surface area contributed by atoms with Gasteiger partial charge >= 0.3 is 0 Å². The van der Waals surface area contributed by atoms with Crippen molar-refractivity contribution in [1.29, 1.82) is 0 Å². The van der Waals surface area contributed by atoms with Crippen molar-refractivity contribution in [2.24, 2.45) is 4.99 Å². The molecule has 2 aromatic carbocycles. The van der Waals surface area contributed by atoms with E-state index in [4.69, 9.17) is 23.2 Å². The van der Waals surface area contributed by atoms with Gasteiger partial charge in [-0.25, -0.2) is 13.1 Å². The summed E-state index contributed by atoms with van der Waals surface area (Å²) >= 11 is 12.2. The van der Waals surface area contributed by atoms with Gasteiger partial charge in [-0.05, 0) is 42.8 Å². The number of aliphatic imine (C=N–C) groups is 1. The van der Waals surface area contributed by atoms with Crippen molar-refractivity contribution < 1.29 is 8.42 Å². The Morgan fingerprint density at radius 2 is 1.86 bits per heavy atom. The highest BCUT2D eigenvalue weighted by atomic mass is 35.5. The summed E-state index contributed by atoms with van der Waals surface area (Å²) in [4.78, 5) is 4.23. The van der Waals surface area contributed by atoms with Gasteiger partial charge in [0.05, 0.1) is 11.8 Å². The highest BCUT2D eigenvalue weighted by Gasteiger charge is 2.12. The van der Waals surface area contributed by atoms with E-state index in [9.17, 15) is 8.42 Å². The van der Waals surface area contributed by atoms with E-state index < -0.39 is 10.0 Å². The molecule has 2 rings (SSSR count). The number of hydrogen-bond acceptors (Lipinski definition) is 3. The van der Waals surface area contributed by atoms with E-state index in [1.54, 1.807) is 25.2 Å². The van der Waals surface area contributed by atoms with Crippen LogP contribution < -0.4 is 15.4 Å². The first-order chi connectivity index (χ1) is 13.2. The van der Waals surface area contributed by atoms with Gasteiger partial charge in [-0.1, -0.05) is 53.5 Å². The van der Waals surface area contributed by atoms with Gasteiger partial charge in [0.25, 0.3) is 0 Å². The average molecular weight is 443 g/mol. The van der Waals surface area contributed by atoms with Crippen LogP contribution in [-0.2, 0) is 22.3 Å². The van der Waals surface area contributed by atoms with E-state index in [-0.39, 0.29) is 11.8 Å². The van der Waals surface area contributed by atoms with E-state index in [2.05, 4.69) is 20.3 Å². The monoisotopic (exact) mass is 442 g/mol. The normalized spacial score (nSPS) is 13.2. The molecule has 0 bridgehead atoms. The van der Waals surface area contributed by atoms with Gasteiger partial charge < -0.3 is 10.6 Å². The molecule has 3 N–H and O–H groups in total. The van der Waals surface area contributed by atoms with Crippen LogP contribution in [0.4, 0.5) is 0 Å². The number of hydrogen-bond donors (Lipinski definition) is 3. The van der Waals surface area contributed by atoms with Crippen LogP contribution >= 0.6 is 23.2 Å². The van der Waals surface area contributed by atoms with E-state index in [1.165, 1.54) is 7.05 Å². The number of sulfonamides is 1. The first-order valence-electron chi connectivity index (χ1n) is 8.65. The van der Waals surface area contributed by atoms with Crippen molar-refractivity contribution in [3.8, 4) is 0 Å². The molecule has 0 amide bonds. The third-order valence-electron chi connectivity index (χ3n) is 4.12. The summed E-state index contributed by atoms with van der Waals surface area (Å²) in [6.07, 6.45) is 0. The minimum absolute atomic E-state index is 0.0591. The number of halogens is 2. The predicted molar refractivity (Wildman–Crippen MR) is 116 cm³/mol. The molecule has 0 aromatic heterocycles. The lowest BCUT2D eigenvalue weighted by Crippen LogP contribution is -2.38. The zero-order chi connectivity index (χ0) is 20.7. The Balaban J connectivity index is 2.00. The van der Waals surface area contributed by atoms with E-state index in [0.29, 0.717) is 22.5 Å². The van der Waals surface area contributed by atoms with Crippen molar-refractivity contribution in [3.63, 3.8) is 0 Å². The molecule has 152 valence electrons. The zero-order valence-corrected chi connectivity index (χ0v) is 18.3. The van der Waals surface area contributed by atoms with Gasteiger partial charge in [-0.15, -0.1) is 0 Å². The van der Waals surface area contributed by atoms with E-state index in [1.807, 2.05) is 31.2 Å². The van der Waals surface area contributed by atoms with Crippen LogP contribution in [-0.4, -0.2) is 28.5 Å². The molecule has 0 aliphatic rings. The van der Waals surface area contributed by atoms with Gasteiger partial charge in [-0.3, -0.25) is 4.99 Å². The lowest BCUT2D eigenvalue weighted by Gasteiger charge is -2.19. The largest absolute Gasteiger partial charge is 0.352 e. The second kappa shape index (κ2) is 10.1. The maximum absolute atomic E-state index is 11.7. The molecular weight excluding hydrogens is 419 g/mol. The third-order valence-corrected chi connectivity index (χ3v) is 6.02. The van der Waals surface area contributed by atoms with Crippen LogP contribution in [0.1, 0.15) is 29.7 Å². The van der Waals surface area contributed by atoms with Crippen LogP contribution in [0.5, 0.6) is 0 Å². The Hall–Kier alpha value is -1.80. The Morgan fingerprint density at radius 1 is 1.14 bits per heavy atom. The lowest BCUT2D eigenvalue weighted by atomic mass is 10.1. The molecule has 0 aliphatic heterocycles. The fourth-order valence-corrected chi connectivity index (χ4v) is 3.97. The minimum atomic E-state index is -3.31. The first-order valence-corrected chi connectivity index (χ1v) is 11.1. The van der Waals surface area contributed by atoms with Crippen LogP contribution in [0.2, 0.25) is 10.0 Å². The van der Waals surface area contributed by atoms with Crippen molar-refractivity contribution >= 4 is 39.2 Å². The Kier molecular flexibility index (Phi) is 8.12. The van der Waals surface area contributed by atoms with E-state index in [0.717, 1.165) is 16.7 Å². The Bertz CT molecular complexity index is 949. The third kappa shape index (κ3) is 6.67. The van der Waals surface area contributed by atoms with Crippen molar-refractivity contribution in [3.05, 3.63) is 69.2 Å². The molecule has 0 saturated carbocycles. The SMILES string of the molecule is CN=C(NCc1cccc(CS(=O)(=O)NC)c1)NC(C)c1ccc(Cl)cc1Cl. The Labute approximate surface area is 176 Å². The quantitative estimate of drug-likeness (QED) is 0.452. The molecule has 0 spiro atoms. The van der Waals surface area contributed by atoms with Crippen molar-refractivity contribution in [2.75, 3.05) is 14.1 Å². The predicted octanol–water partition coefficient (Wildman–Crippen LogP) is 3.47. The zero-order valence-electron chi connectivity index (χ0n) is 16.0. The summed E-state index contributed by atoms with van der Waals surface area (Å²) in [6.45, 7) is 2.47. The maximum atomic E-state index is 11.7. The van der Waals surface area contributed by atoms with Gasteiger partial charge in [0.2, 0.25) is 10.0 Å². The Morgan fingerprint density at radius 3 is 2.50 bits per heavy atom. The fraction of sp³-hybridized carbons (Fsp3) is 0.316. The molecule has 1 unspecified atom stereocenters. The topological polar surface area (TPSA) is 82.6 Å². The molecule has 6 nitrogen and oxygen atoms in total. The minimum Gasteiger partial charge on any atom is -0.352 e. The van der Waals surface area contributed by atoms with Crippen LogP contribution in [0.15, 0.2) is 47.5 Å². The standard InChI is InChI=1S/C19H24Cl2N4O2S/c1-13(17-8-7-16(20)10-18(17)21)25-19(22-2)24-11-14-5-4-6-15(9-14)12-28(26,27)23-3/h4-10,13,23H,11-12H2,1-3H3,(H2,22,24,25). The lowest BCUT2D eigenvalue weighted by molar-refractivity contribution is 0.587. The van der Waals surface area contributed by atoms with Crippen LogP contribution in [0.25, 0.3) is 0 Å². The van der Waals surface area contributed by atoms with Gasteiger partial charge in [-0.2, -0.15) is 0 Å². The summed E-state index contributed by atoms with van der Waals surface area (Å²) in [6, 6.07) is 12.7. The molecular formula is C19H24Cl2N4O2S. The number of guanidine groups is 1. The summed E-state index contributed by atoms with van der Waals surface area (Å²) in [5.74, 6) is 0.544. The first kappa shape index (κ1) is 22.5. The summed E-state index contributed by atoms with van der Waals surface area (Å²) < 4.78 is 25.8. The highest BCUT2D eigenvalue weighted by Crippen LogP contribution is 2.26. The molecule has 0 radical (unpaired) electrons. The van der Waals surface area contributed by atoms with Crippen LogP contribution in [0, 0.1) is 0 Å². The summed E-state index contributed by atoms with van der Waals surface area (Å²) in [5, 5.41) is 7.68. The molecule has 2 aromatic rings. The molecule has 28 heavy (non-hydrogen) atoms. The van der Waals surface area contributed by atoms with Gasteiger partial charge in [0.1, 0.15) is 0 Å². The van der Waals surface area contributed by atoms with E-state index >= 15 is 0 Å². The second-order valence-corrected chi connectivity index (χ2v) is 9.01. The number of benzene rings is 2. The maximum Gasteiger partial charge on any atom is 0.215 e. The number of nitrogens with zero attached hydrogens (tertiary/aromatic N) is 1.